The lowest BCUT2D eigenvalue weighted by molar-refractivity contribution is -0.139. The third kappa shape index (κ3) is 9.76. The zero-order chi connectivity index (χ0) is 34.9. The van der Waals surface area contributed by atoms with Gasteiger partial charge in [0.2, 0.25) is 5.91 Å². The molecule has 0 aliphatic rings. The first-order valence-electron chi connectivity index (χ1n) is 15.4. The highest BCUT2D eigenvalue weighted by atomic mass is 16.6. The second-order valence-corrected chi connectivity index (χ2v) is 12.6. The van der Waals surface area contributed by atoms with Gasteiger partial charge in [0.25, 0.3) is 5.91 Å². The zero-order valence-electron chi connectivity index (χ0n) is 27.6. The van der Waals surface area contributed by atoms with Crippen molar-refractivity contribution in [3.63, 3.8) is 0 Å². The van der Waals surface area contributed by atoms with Gasteiger partial charge < -0.3 is 35.1 Å². The van der Waals surface area contributed by atoms with Crippen LogP contribution >= 0.6 is 0 Å². The van der Waals surface area contributed by atoms with E-state index in [0.29, 0.717) is 17.0 Å². The molecule has 0 saturated heterocycles. The van der Waals surface area contributed by atoms with Crippen LogP contribution in [0, 0.1) is 0 Å². The molecule has 0 aliphatic carbocycles. The second kappa shape index (κ2) is 15.4. The second-order valence-electron chi connectivity index (χ2n) is 12.6. The number of ether oxygens (including phenoxy) is 2. The fraction of sp³-hybridized carbons (Fsp3) is 0.306. The van der Waals surface area contributed by atoms with Crippen molar-refractivity contribution in [3.05, 3.63) is 108 Å². The summed E-state index contributed by atoms with van der Waals surface area (Å²) in [6, 6.07) is 24.6. The molecule has 3 aromatic carbocycles. The average molecular weight is 656 g/mol. The molecule has 2 atom stereocenters. The van der Waals surface area contributed by atoms with Crippen molar-refractivity contribution in [3.8, 4) is 11.4 Å². The Morgan fingerprint density at radius 1 is 0.854 bits per heavy atom. The van der Waals surface area contributed by atoms with Crippen LogP contribution < -0.4 is 16.0 Å². The van der Waals surface area contributed by atoms with Crippen molar-refractivity contribution in [2.45, 2.75) is 64.4 Å². The highest BCUT2D eigenvalue weighted by molar-refractivity contribution is 5.99. The van der Waals surface area contributed by atoms with Crippen LogP contribution in [0.25, 0.3) is 11.4 Å². The number of imidazole rings is 1. The molecule has 1 heterocycles. The molecule has 0 bridgehead atoms. The van der Waals surface area contributed by atoms with Crippen LogP contribution in [0.15, 0.2) is 97.2 Å². The van der Waals surface area contributed by atoms with Crippen molar-refractivity contribution >= 4 is 29.7 Å². The van der Waals surface area contributed by atoms with Crippen LogP contribution in [0.3, 0.4) is 0 Å². The number of amides is 3. The maximum atomic E-state index is 13.8. The van der Waals surface area contributed by atoms with Gasteiger partial charge in [-0.3, -0.25) is 9.59 Å². The minimum absolute atomic E-state index is 0.0643. The van der Waals surface area contributed by atoms with Gasteiger partial charge in [0.05, 0.1) is 13.2 Å². The highest BCUT2D eigenvalue weighted by Crippen LogP contribution is 2.29. The number of anilines is 1. The summed E-state index contributed by atoms with van der Waals surface area (Å²) in [4.78, 5) is 56.8. The maximum absolute atomic E-state index is 13.8. The largest absolute Gasteiger partial charge is 0.479 e. The van der Waals surface area contributed by atoms with E-state index in [0.717, 1.165) is 5.56 Å². The number of aliphatic carboxylic acids is 1. The van der Waals surface area contributed by atoms with Gasteiger partial charge in [0.15, 0.2) is 11.9 Å². The van der Waals surface area contributed by atoms with Gasteiger partial charge in [-0.15, -0.1) is 0 Å². The van der Waals surface area contributed by atoms with Gasteiger partial charge in [-0.2, -0.15) is 0 Å². The van der Waals surface area contributed by atoms with E-state index >= 15 is 0 Å². The Bertz CT molecular complexity index is 1700. The summed E-state index contributed by atoms with van der Waals surface area (Å²) in [6.07, 6.45) is 0.651. The summed E-state index contributed by atoms with van der Waals surface area (Å²) in [5.41, 5.74) is -0.246. The Labute approximate surface area is 279 Å². The number of aromatic nitrogens is 2. The van der Waals surface area contributed by atoms with E-state index in [4.69, 9.17) is 9.47 Å². The number of nitrogens with one attached hydrogen (secondary N) is 3. The first-order valence-corrected chi connectivity index (χ1v) is 15.4. The molecule has 0 radical (unpaired) electrons. The van der Waals surface area contributed by atoms with Crippen LogP contribution in [0.5, 0.6) is 0 Å². The maximum Gasteiger partial charge on any atom is 0.408 e. The molecule has 0 saturated carbocycles. The van der Waals surface area contributed by atoms with Crippen LogP contribution in [0.1, 0.15) is 51.8 Å². The number of hydrogen-bond acceptors (Lipinski definition) is 7. The predicted octanol–water partition coefficient (Wildman–Crippen LogP) is 5.17. The van der Waals surface area contributed by atoms with Gasteiger partial charge in [-0.05, 0) is 45.7 Å². The standard InChI is InChI=1S/C36H41N5O7/c1-35(2,3)48-34(46)40-36(4,5)33(45)37-27(23-47-22-24-15-9-6-10-16-24)31(42)39-28-21-41(30(38-28)26-19-13-8-14-20-26)29(32(43)44)25-17-11-7-12-18-25/h6-21,27,29H,22-23H2,1-5H3,(H,37,45)(H,39,42)(H,40,46)(H,43,44)/t27-,29?/m1/s1. The lowest BCUT2D eigenvalue weighted by Gasteiger charge is -2.29. The molecule has 1 unspecified atom stereocenters. The van der Waals surface area contributed by atoms with Crippen LogP contribution in [-0.2, 0) is 30.5 Å². The van der Waals surface area contributed by atoms with Gasteiger partial charge in [-0.25, -0.2) is 14.6 Å². The first kappa shape index (κ1) is 35.4. The summed E-state index contributed by atoms with van der Waals surface area (Å²) in [7, 11) is 0. The fourth-order valence-electron chi connectivity index (χ4n) is 4.73. The van der Waals surface area contributed by atoms with Crippen molar-refractivity contribution in [1.82, 2.24) is 20.2 Å². The minimum atomic E-state index is -1.47. The number of benzene rings is 3. The van der Waals surface area contributed by atoms with Gasteiger partial charge in [0, 0.05) is 11.8 Å². The first-order chi connectivity index (χ1) is 22.7. The predicted molar refractivity (Wildman–Crippen MR) is 180 cm³/mol. The van der Waals surface area contributed by atoms with Crippen molar-refractivity contribution in [1.29, 1.82) is 0 Å². The summed E-state index contributed by atoms with van der Waals surface area (Å²) < 4.78 is 12.6. The number of carbonyl (C=O) groups excluding carboxylic acids is 3. The minimum Gasteiger partial charge on any atom is -0.479 e. The fourth-order valence-corrected chi connectivity index (χ4v) is 4.73. The van der Waals surface area contributed by atoms with E-state index in [1.165, 1.54) is 24.6 Å². The molecule has 252 valence electrons. The third-order valence-electron chi connectivity index (χ3n) is 7.04. The monoisotopic (exact) mass is 655 g/mol. The lowest BCUT2D eigenvalue weighted by Crippen LogP contribution is -2.59. The quantitative estimate of drug-likeness (QED) is 0.154. The van der Waals surface area contributed by atoms with E-state index < -0.39 is 47.1 Å². The normalized spacial score (nSPS) is 12.8. The highest BCUT2D eigenvalue weighted by Gasteiger charge is 2.35. The number of alkyl carbamates (subject to hydrolysis) is 1. The smallest absolute Gasteiger partial charge is 0.408 e. The number of carboxylic acids is 1. The molecule has 0 fully saturated rings. The molecule has 3 amide bonds. The number of carboxylic acid groups (broad SMARTS) is 1. The van der Waals surface area contributed by atoms with E-state index in [9.17, 15) is 24.3 Å². The summed E-state index contributed by atoms with van der Waals surface area (Å²) in [5, 5.41) is 18.2. The van der Waals surface area contributed by atoms with E-state index in [-0.39, 0.29) is 19.0 Å². The number of nitrogens with zero attached hydrogens (tertiary/aromatic N) is 2. The lowest BCUT2D eigenvalue weighted by atomic mass is 10.0. The number of carbonyl (C=O) groups is 4. The summed E-state index contributed by atoms with van der Waals surface area (Å²) in [5.74, 6) is -2.07. The summed E-state index contributed by atoms with van der Waals surface area (Å²) >= 11 is 0. The molecule has 4 N–H and O–H groups in total. The SMILES string of the molecule is CC(C)(C)OC(=O)NC(C)(C)C(=O)N[C@H](COCc1ccccc1)C(=O)Nc1cn(C(C(=O)O)c2ccccc2)c(-c2ccccc2)n1. The van der Waals surface area contributed by atoms with Crippen LogP contribution in [0.2, 0.25) is 0 Å². The molecule has 4 aromatic rings. The molecule has 0 aliphatic heterocycles. The van der Waals surface area contributed by atoms with Crippen LogP contribution in [0.4, 0.5) is 10.6 Å². The number of hydrogen-bond donors (Lipinski definition) is 4. The van der Waals surface area contributed by atoms with E-state index in [2.05, 4.69) is 20.9 Å². The van der Waals surface area contributed by atoms with Gasteiger partial charge in [0.1, 0.15) is 23.0 Å². The number of rotatable bonds is 13. The van der Waals surface area contributed by atoms with Gasteiger partial charge in [-0.1, -0.05) is 91.0 Å². The molecule has 1 aromatic heterocycles. The zero-order valence-corrected chi connectivity index (χ0v) is 27.6. The molecular formula is C36H41N5O7. The molecule has 12 nitrogen and oxygen atoms in total. The topological polar surface area (TPSA) is 161 Å². The Hall–Kier alpha value is -5.49. The molecule has 0 spiro atoms. The third-order valence-corrected chi connectivity index (χ3v) is 7.04. The van der Waals surface area contributed by atoms with Crippen molar-refractivity contribution in [2.24, 2.45) is 0 Å². The van der Waals surface area contributed by atoms with E-state index in [1.54, 1.807) is 75.4 Å². The van der Waals surface area contributed by atoms with Gasteiger partial charge >= 0.3 is 12.1 Å². The van der Waals surface area contributed by atoms with Crippen LogP contribution in [-0.4, -0.2) is 62.3 Å². The molecule has 12 heteroatoms. The Kier molecular flexibility index (Phi) is 11.3. The average Bonchev–Trinajstić information content (AvgIpc) is 3.43. The Morgan fingerprint density at radius 2 is 1.44 bits per heavy atom. The Balaban J connectivity index is 1.61. The van der Waals surface area contributed by atoms with Crippen molar-refractivity contribution < 1.29 is 33.8 Å². The van der Waals surface area contributed by atoms with Crippen molar-refractivity contribution in [2.75, 3.05) is 11.9 Å². The van der Waals surface area contributed by atoms with E-state index in [1.807, 2.05) is 36.4 Å². The molecule has 4 rings (SSSR count). The molecular weight excluding hydrogens is 614 g/mol. The Morgan fingerprint density at radius 3 is 2.02 bits per heavy atom. The molecule has 48 heavy (non-hydrogen) atoms. The summed E-state index contributed by atoms with van der Waals surface area (Å²) in [6.45, 7) is 8.02.